The van der Waals surface area contributed by atoms with Crippen LogP contribution < -0.4 is 5.32 Å². The number of piperidine rings is 1. The van der Waals surface area contributed by atoms with Crippen LogP contribution in [0, 0.1) is 12.8 Å². The van der Waals surface area contributed by atoms with Crippen LogP contribution in [0.1, 0.15) is 31.7 Å². The summed E-state index contributed by atoms with van der Waals surface area (Å²) in [7, 11) is 0. The number of nitrogens with zero attached hydrogens (tertiary/aromatic N) is 2. The average Bonchev–Trinajstić information content (AvgIpc) is 3.06. The molecule has 0 radical (unpaired) electrons. The molecule has 1 aliphatic rings. The predicted molar refractivity (Wildman–Crippen MR) is 110 cm³/mol. The molecule has 4 heteroatoms. The molecule has 2 aromatic carbocycles. The number of imidazole rings is 1. The molecule has 1 fully saturated rings. The summed E-state index contributed by atoms with van der Waals surface area (Å²) in [5.41, 5.74) is 5.50. The number of Topliss-reactive ketones (excluding diaryl/α,β-unsaturated/α-hetero) is 1. The molecule has 3 aromatic rings. The Hall–Kier alpha value is -2.46. The van der Waals surface area contributed by atoms with Crippen molar-refractivity contribution in [2.45, 2.75) is 45.7 Å². The number of carbonyl (C=O) groups is 1. The number of carbonyl (C=O) groups excluding carboxylic acids is 1. The maximum atomic E-state index is 12.8. The minimum atomic E-state index is 0.264. The van der Waals surface area contributed by atoms with E-state index in [1.165, 1.54) is 18.4 Å². The van der Waals surface area contributed by atoms with E-state index in [9.17, 15) is 4.79 Å². The Morgan fingerprint density at radius 1 is 1.26 bits per heavy atom. The van der Waals surface area contributed by atoms with Gasteiger partial charge in [0.1, 0.15) is 0 Å². The third-order valence-electron chi connectivity index (χ3n) is 5.69. The summed E-state index contributed by atoms with van der Waals surface area (Å²) in [6.07, 6.45) is 4.81. The monoisotopic (exact) mass is 361 g/mol. The third kappa shape index (κ3) is 3.81. The molecule has 4 nitrogen and oxygen atoms in total. The zero-order valence-corrected chi connectivity index (χ0v) is 16.1. The van der Waals surface area contributed by atoms with Gasteiger partial charge in [-0.15, -0.1) is 0 Å². The van der Waals surface area contributed by atoms with E-state index in [1.54, 1.807) is 6.33 Å². The van der Waals surface area contributed by atoms with Gasteiger partial charge in [-0.25, -0.2) is 4.98 Å². The van der Waals surface area contributed by atoms with Crippen LogP contribution in [0.25, 0.3) is 22.2 Å². The molecule has 0 spiro atoms. The lowest BCUT2D eigenvalue weighted by Crippen LogP contribution is -2.41. The maximum absolute atomic E-state index is 12.8. The molecule has 27 heavy (non-hydrogen) atoms. The van der Waals surface area contributed by atoms with Crippen LogP contribution in [0.4, 0.5) is 0 Å². The SMILES string of the molecule is Cc1cccc(-c2cccc3ncn(CC(=O)C[C@H]4NCCC[C@@H]4C)c23)c1. The van der Waals surface area contributed by atoms with E-state index in [4.69, 9.17) is 0 Å². The van der Waals surface area contributed by atoms with Crippen molar-refractivity contribution in [2.75, 3.05) is 6.54 Å². The molecule has 4 rings (SSSR count). The standard InChI is InChI=1S/C23H27N3O/c1-16-6-3-8-18(12-16)20-9-4-10-21-23(20)26(15-25-21)14-19(27)13-22-17(2)7-5-11-24-22/h3-4,6,8-10,12,15,17,22,24H,5,7,11,13-14H2,1-2H3/t17-,22+/m0/s1. The van der Waals surface area contributed by atoms with Gasteiger partial charge in [-0.3, -0.25) is 4.79 Å². The first-order chi connectivity index (χ1) is 13.1. The van der Waals surface area contributed by atoms with E-state index < -0.39 is 0 Å². The molecule has 1 saturated heterocycles. The average molecular weight is 361 g/mol. The number of ketones is 1. The number of aromatic nitrogens is 2. The summed E-state index contributed by atoms with van der Waals surface area (Å²) in [5, 5.41) is 3.51. The Kier molecular flexibility index (Phi) is 5.08. The second kappa shape index (κ2) is 7.65. The second-order valence-electron chi connectivity index (χ2n) is 7.84. The Labute approximate surface area is 160 Å². The van der Waals surface area contributed by atoms with Crippen LogP contribution in [-0.4, -0.2) is 27.9 Å². The smallest absolute Gasteiger partial charge is 0.154 e. The summed E-state index contributed by atoms with van der Waals surface area (Å²) < 4.78 is 2.02. The lowest BCUT2D eigenvalue weighted by molar-refractivity contribution is -0.120. The summed E-state index contributed by atoms with van der Waals surface area (Å²) in [5.74, 6) is 0.824. The highest BCUT2D eigenvalue weighted by Gasteiger charge is 2.23. The second-order valence-corrected chi connectivity index (χ2v) is 7.84. The van der Waals surface area contributed by atoms with Gasteiger partial charge in [-0.2, -0.15) is 0 Å². The predicted octanol–water partition coefficient (Wildman–Crippen LogP) is 4.36. The van der Waals surface area contributed by atoms with Crippen molar-refractivity contribution in [1.29, 1.82) is 0 Å². The Balaban J connectivity index is 1.62. The topological polar surface area (TPSA) is 46.9 Å². The Bertz CT molecular complexity index is 959. The number of para-hydroxylation sites is 1. The quantitative estimate of drug-likeness (QED) is 0.734. The number of aryl methyl sites for hydroxylation is 1. The van der Waals surface area contributed by atoms with Crippen LogP contribution in [0.3, 0.4) is 0 Å². The minimum absolute atomic E-state index is 0.264. The molecule has 0 unspecified atom stereocenters. The van der Waals surface area contributed by atoms with E-state index >= 15 is 0 Å². The molecular formula is C23H27N3O. The number of rotatable bonds is 5. The molecule has 1 aliphatic heterocycles. The van der Waals surface area contributed by atoms with Gasteiger partial charge >= 0.3 is 0 Å². The Morgan fingerprint density at radius 2 is 2.11 bits per heavy atom. The minimum Gasteiger partial charge on any atom is -0.323 e. The van der Waals surface area contributed by atoms with Crippen LogP contribution in [0.2, 0.25) is 0 Å². The van der Waals surface area contributed by atoms with Crippen molar-refractivity contribution in [1.82, 2.24) is 14.9 Å². The normalized spacial score (nSPS) is 20.1. The van der Waals surface area contributed by atoms with Gasteiger partial charge in [-0.1, -0.05) is 48.9 Å². The summed E-state index contributed by atoms with van der Waals surface area (Å²) in [6, 6.07) is 14.9. The molecule has 0 bridgehead atoms. The Morgan fingerprint density at radius 3 is 2.93 bits per heavy atom. The molecule has 2 heterocycles. The molecule has 0 amide bonds. The molecule has 2 atom stereocenters. The lowest BCUT2D eigenvalue weighted by atomic mass is 9.89. The zero-order valence-electron chi connectivity index (χ0n) is 16.1. The van der Waals surface area contributed by atoms with Gasteiger partial charge in [0.2, 0.25) is 0 Å². The third-order valence-corrected chi connectivity index (χ3v) is 5.69. The largest absolute Gasteiger partial charge is 0.323 e. The number of fused-ring (bicyclic) bond motifs is 1. The first-order valence-corrected chi connectivity index (χ1v) is 9.88. The van der Waals surface area contributed by atoms with Crippen LogP contribution in [0.15, 0.2) is 48.8 Å². The van der Waals surface area contributed by atoms with Gasteiger partial charge in [0.15, 0.2) is 5.78 Å². The maximum Gasteiger partial charge on any atom is 0.154 e. The molecule has 0 saturated carbocycles. The van der Waals surface area contributed by atoms with Crippen LogP contribution in [0.5, 0.6) is 0 Å². The number of hydrogen-bond donors (Lipinski definition) is 1. The molecular weight excluding hydrogens is 334 g/mol. The highest BCUT2D eigenvalue weighted by atomic mass is 16.1. The van der Waals surface area contributed by atoms with E-state index in [0.29, 0.717) is 24.9 Å². The van der Waals surface area contributed by atoms with Crippen molar-refractivity contribution >= 4 is 16.8 Å². The fourth-order valence-corrected chi connectivity index (χ4v) is 4.18. The van der Waals surface area contributed by atoms with Gasteiger partial charge in [0.25, 0.3) is 0 Å². The summed E-state index contributed by atoms with van der Waals surface area (Å²) in [4.78, 5) is 17.3. The molecule has 140 valence electrons. The van der Waals surface area contributed by atoms with E-state index in [1.807, 2.05) is 16.7 Å². The van der Waals surface area contributed by atoms with Crippen molar-refractivity contribution < 1.29 is 4.79 Å². The van der Waals surface area contributed by atoms with Crippen molar-refractivity contribution in [3.63, 3.8) is 0 Å². The fourth-order valence-electron chi connectivity index (χ4n) is 4.18. The molecule has 1 aromatic heterocycles. The van der Waals surface area contributed by atoms with Gasteiger partial charge < -0.3 is 9.88 Å². The first kappa shape index (κ1) is 17.9. The van der Waals surface area contributed by atoms with Gasteiger partial charge in [0, 0.05) is 18.0 Å². The lowest BCUT2D eigenvalue weighted by Gasteiger charge is -2.29. The van der Waals surface area contributed by atoms with E-state index in [2.05, 4.69) is 54.5 Å². The highest BCUT2D eigenvalue weighted by molar-refractivity contribution is 5.93. The van der Waals surface area contributed by atoms with Gasteiger partial charge in [-0.05, 0) is 43.9 Å². The van der Waals surface area contributed by atoms with Crippen molar-refractivity contribution in [3.05, 3.63) is 54.4 Å². The summed E-state index contributed by atoms with van der Waals surface area (Å²) >= 11 is 0. The van der Waals surface area contributed by atoms with Crippen molar-refractivity contribution in [3.8, 4) is 11.1 Å². The highest BCUT2D eigenvalue weighted by Crippen LogP contribution is 2.29. The number of benzene rings is 2. The van der Waals surface area contributed by atoms with Crippen LogP contribution >= 0.6 is 0 Å². The fraction of sp³-hybridized carbons (Fsp3) is 0.391. The first-order valence-electron chi connectivity index (χ1n) is 9.88. The zero-order chi connectivity index (χ0) is 18.8. The van der Waals surface area contributed by atoms with E-state index in [0.717, 1.165) is 28.7 Å². The van der Waals surface area contributed by atoms with Crippen LogP contribution in [-0.2, 0) is 11.3 Å². The van der Waals surface area contributed by atoms with E-state index in [-0.39, 0.29) is 5.78 Å². The number of hydrogen-bond acceptors (Lipinski definition) is 3. The molecule has 0 aliphatic carbocycles. The summed E-state index contributed by atoms with van der Waals surface area (Å²) in [6.45, 7) is 5.74. The van der Waals surface area contributed by atoms with Gasteiger partial charge in [0.05, 0.1) is 23.9 Å². The van der Waals surface area contributed by atoms with Crippen molar-refractivity contribution in [2.24, 2.45) is 5.92 Å². The molecule has 1 N–H and O–H groups in total. The number of nitrogens with one attached hydrogen (secondary N) is 1.